The fourth-order valence-electron chi connectivity index (χ4n) is 3.62. The van der Waals surface area contributed by atoms with Gasteiger partial charge in [0.2, 0.25) is 0 Å². The van der Waals surface area contributed by atoms with Crippen LogP contribution < -0.4 is 10.9 Å². The highest BCUT2D eigenvalue weighted by molar-refractivity contribution is 5.95. The van der Waals surface area contributed by atoms with Gasteiger partial charge in [-0.1, -0.05) is 31.7 Å². The number of benzene rings is 1. The summed E-state index contributed by atoms with van der Waals surface area (Å²) in [6, 6.07) is 9.70. The van der Waals surface area contributed by atoms with Gasteiger partial charge in [0.15, 0.2) is 5.78 Å². The van der Waals surface area contributed by atoms with Gasteiger partial charge < -0.3 is 14.6 Å². The lowest BCUT2D eigenvalue weighted by Gasteiger charge is -2.35. The molecule has 0 amide bonds. The zero-order valence-corrected chi connectivity index (χ0v) is 16.1. The minimum absolute atomic E-state index is 0.0251. The predicted molar refractivity (Wildman–Crippen MR) is 109 cm³/mol. The standard InChI is InChI=1S/C22H25N3O3/c1-3-10-28-11-9-25-19-8-6-5-7-17(19)21(18(14-23)22(25)27)24-16-12-15(13-16)20(26)4-2/h4-8,15-16,24H,2-3,9-13H2,1H3. The third-order valence-corrected chi connectivity index (χ3v) is 5.18. The molecule has 1 aromatic heterocycles. The number of allylic oxidation sites excluding steroid dienone is 1. The van der Waals surface area contributed by atoms with Crippen molar-refractivity contribution in [3.8, 4) is 6.07 Å². The number of hydrogen-bond donors (Lipinski definition) is 1. The van der Waals surface area contributed by atoms with Crippen molar-refractivity contribution in [1.82, 2.24) is 4.57 Å². The molecule has 1 saturated carbocycles. The fourth-order valence-corrected chi connectivity index (χ4v) is 3.62. The summed E-state index contributed by atoms with van der Waals surface area (Å²) in [6.45, 7) is 7.02. The number of fused-ring (bicyclic) bond motifs is 1. The maximum Gasteiger partial charge on any atom is 0.271 e. The monoisotopic (exact) mass is 379 g/mol. The van der Waals surface area contributed by atoms with Crippen molar-refractivity contribution in [1.29, 1.82) is 5.26 Å². The molecule has 1 N–H and O–H groups in total. The van der Waals surface area contributed by atoms with Crippen molar-refractivity contribution in [3.63, 3.8) is 0 Å². The molecule has 1 aliphatic rings. The van der Waals surface area contributed by atoms with Gasteiger partial charge in [-0.05, 0) is 31.4 Å². The average Bonchev–Trinajstić information content (AvgIpc) is 2.68. The van der Waals surface area contributed by atoms with Gasteiger partial charge in [0, 0.05) is 30.5 Å². The highest BCUT2D eigenvalue weighted by atomic mass is 16.5. The van der Waals surface area contributed by atoms with Crippen molar-refractivity contribution in [2.75, 3.05) is 18.5 Å². The summed E-state index contributed by atoms with van der Waals surface area (Å²) in [5.74, 6) is 0.0220. The van der Waals surface area contributed by atoms with Crippen LogP contribution in [0.5, 0.6) is 0 Å². The van der Waals surface area contributed by atoms with Crippen molar-refractivity contribution in [2.24, 2.45) is 5.92 Å². The van der Waals surface area contributed by atoms with Crippen LogP contribution in [0.4, 0.5) is 5.69 Å². The number of nitrogens with one attached hydrogen (secondary N) is 1. The molecule has 28 heavy (non-hydrogen) atoms. The van der Waals surface area contributed by atoms with Crippen LogP contribution in [0.2, 0.25) is 0 Å². The van der Waals surface area contributed by atoms with Gasteiger partial charge in [0.25, 0.3) is 5.56 Å². The number of aromatic nitrogens is 1. The number of hydrogen-bond acceptors (Lipinski definition) is 5. The zero-order chi connectivity index (χ0) is 20.1. The van der Waals surface area contributed by atoms with Crippen LogP contribution in [0.25, 0.3) is 10.9 Å². The average molecular weight is 379 g/mol. The lowest BCUT2D eigenvalue weighted by atomic mass is 9.77. The summed E-state index contributed by atoms with van der Waals surface area (Å²) in [5, 5.41) is 13.8. The van der Waals surface area contributed by atoms with Crippen LogP contribution in [0.3, 0.4) is 0 Å². The Labute approximate surface area is 164 Å². The van der Waals surface area contributed by atoms with E-state index in [-0.39, 0.29) is 28.9 Å². The second kappa shape index (κ2) is 8.85. The van der Waals surface area contributed by atoms with Gasteiger partial charge in [-0.15, -0.1) is 0 Å². The molecule has 146 valence electrons. The molecule has 0 spiro atoms. The maximum atomic E-state index is 13.0. The molecule has 1 aromatic carbocycles. The highest BCUT2D eigenvalue weighted by Crippen LogP contribution is 2.34. The molecular formula is C22H25N3O3. The van der Waals surface area contributed by atoms with E-state index in [4.69, 9.17) is 4.74 Å². The van der Waals surface area contributed by atoms with E-state index in [1.54, 1.807) is 4.57 Å². The molecule has 1 heterocycles. The number of nitrogens with zero attached hydrogens (tertiary/aromatic N) is 2. The Kier molecular flexibility index (Phi) is 6.27. The van der Waals surface area contributed by atoms with Crippen molar-refractivity contribution in [2.45, 2.75) is 38.8 Å². The third-order valence-electron chi connectivity index (χ3n) is 5.18. The first-order valence-electron chi connectivity index (χ1n) is 9.66. The number of para-hydroxylation sites is 1. The molecule has 0 bridgehead atoms. The lowest BCUT2D eigenvalue weighted by molar-refractivity contribution is -0.120. The van der Waals surface area contributed by atoms with Crippen LogP contribution in [-0.4, -0.2) is 29.6 Å². The smallest absolute Gasteiger partial charge is 0.271 e. The minimum Gasteiger partial charge on any atom is -0.380 e. The fraction of sp³-hybridized carbons (Fsp3) is 0.409. The Morgan fingerprint density at radius 1 is 1.39 bits per heavy atom. The Balaban J connectivity index is 1.93. The van der Waals surface area contributed by atoms with Gasteiger partial charge in [0.05, 0.1) is 17.8 Å². The molecule has 1 fully saturated rings. The summed E-state index contributed by atoms with van der Waals surface area (Å²) in [4.78, 5) is 24.7. The summed E-state index contributed by atoms with van der Waals surface area (Å²) < 4.78 is 7.14. The SMILES string of the molecule is C=CC(=O)C1CC(Nc2c(C#N)c(=O)n(CCOCCC)c3ccccc23)C1. The van der Waals surface area contributed by atoms with Gasteiger partial charge in [0.1, 0.15) is 11.6 Å². The molecule has 0 atom stereocenters. The van der Waals surface area contributed by atoms with E-state index in [9.17, 15) is 14.9 Å². The minimum atomic E-state index is -0.318. The van der Waals surface area contributed by atoms with E-state index in [0.29, 0.717) is 38.3 Å². The zero-order valence-electron chi connectivity index (χ0n) is 16.1. The number of nitriles is 1. The number of ketones is 1. The normalized spacial score (nSPS) is 18.3. The number of carbonyl (C=O) groups excluding carboxylic acids is 1. The van der Waals surface area contributed by atoms with Crippen LogP contribution in [0.15, 0.2) is 41.7 Å². The third kappa shape index (κ3) is 3.85. The topological polar surface area (TPSA) is 84.1 Å². The van der Waals surface area contributed by atoms with Crippen LogP contribution in [0, 0.1) is 17.2 Å². The molecule has 0 saturated heterocycles. The second-order valence-corrected chi connectivity index (χ2v) is 7.06. The molecular weight excluding hydrogens is 354 g/mol. The summed E-state index contributed by atoms with van der Waals surface area (Å²) in [5.41, 5.74) is 1.12. The van der Waals surface area contributed by atoms with Gasteiger partial charge in [-0.25, -0.2) is 0 Å². The molecule has 0 radical (unpaired) electrons. The number of anilines is 1. The van der Waals surface area contributed by atoms with E-state index in [0.717, 1.165) is 17.3 Å². The van der Waals surface area contributed by atoms with E-state index < -0.39 is 0 Å². The lowest BCUT2D eigenvalue weighted by Crippen LogP contribution is -2.40. The first-order chi connectivity index (χ1) is 13.6. The Hall–Kier alpha value is -2.91. The van der Waals surface area contributed by atoms with Crippen molar-refractivity contribution < 1.29 is 9.53 Å². The van der Waals surface area contributed by atoms with Crippen LogP contribution >= 0.6 is 0 Å². The van der Waals surface area contributed by atoms with E-state index in [1.165, 1.54) is 6.08 Å². The first-order valence-corrected chi connectivity index (χ1v) is 9.66. The molecule has 6 nitrogen and oxygen atoms in total. The number of ether oxygens (including phenoxy) is 1. The molecule has 2 aromatic rings. The summed E-state index contributed by atoms with van der Waals surface area (Å²) in [7, 11) is 0. The quantitative estimate of drug-likeness (QED) is 0.534. The van der Waals surface area contributed by atoms with Crippen LogP contribution in [-0.2, 0) is 16.1 Å². The first kappa shape index (κ1) is 19.8. The van der Waals surface area contributed by atoms with Gasteiger partial charge in [-0.2, -0.15) is 5.26 Å². The van der Waals surface area contributed by atoms with Crippen molar-refractivity contribution >= 4 is 22.4 Å². The van der Waals surface area contributed by atoms with E-state index in [2.05, 4.69) is 18.0 Å². The predicted octanol–water partition coefficient (Wildman–Crippen LogP) is 3.25. The number of pyridine rings is 1. The molecule has 0 aliphatic heterocycles. The maximum absolute atomic E-state index is 13.0. The molecule has 1 aliphatic carbocycles. The second-order valence-electron chi connectivity index (χ2n) is 7.06. The number of rotatable bonds is 9. The summed E-state index contributed by atoms with van der Waals surface area (Å²) >= 11 is 0. The van der Waals surface area contributed by atoms with E-state index >= 15 is 0 Å². The molecule has 3 rings (SSSR count). The highest BCUT2D eigenvalue weighted by Gasteiger charge is 2.34. The van der Waals surface area contributed by atoms with Crippen molar-refractivity contribution in [3.05, 3.63) is 52.8 Å². The van der Waals surface area contributed by atoms with Gasteiger partial charge in [-0.3, -0.25) is 9.59 Å². The molecule has 6 heteroatoms. The Bertz CT molecular complexity index is 981. The summed E-state index contributed by atoms with van der Waals surface area (Å²) in [6.07, 6.45) is 3.63. The Morgan fingerprint density at radius 3 is 2.82 bits per heavy atom. The molecule has 0 unspecified atom stereocenters. The van der Waals surface area contributed by atoms with Crippen LogP contribution in [0.1, 0.15) is 31.7 Å². The number of carbonyl (C=O) groups is 1. The largest absolute Gasteiger partial charge is 0.380 e. The Morgan fingerprint density at radius 2 is 2.14 bits per heavy atom. The van der Waals surface area contributed by atoms with E-state index in [1.807, 2.05) is 31.2 Å². The van der Waals surface area contributed by atoms with Gasteiger partial charge >= 0.3 is 0 Å².